The van der Waals surface area contributed by atoms with E-state index in [1.165, 1.54) is 6.20 Å². The number of carboxylic acid groups (broad SMARTS) is 1. The molecule has 0 amide bonds. The quantitative estimate of drug-likeness (QED) is 0.624. The number of nitrogens with two attached hydrogens (primary N) is 2. The SMILES string of the molecule is Cc1ncc2c(N)nc(N)c(C(=O)O)c2n1. The van der Waals surface area contributed by atoms with Gasteiger partial charge in [0.05, 0.1) is 10.9 Å². The Balaban J connectivity index is 2.97. The number of hydrogen-bond donors (Lipinski definition) is 3. The fourth-order valence-electron chi connectivity index (χ4n) is 1.43. The number of nitrogens with zero attached hydrogens (tertiary/aromatic N) is 3. The maximum atomic E-state index is 11.0. The molecule has 0 aliphatic rings. The van der Waals surface area contributed by atoms with Gasteiger partial charge in [0.1, 0.15) is 23.0 Å². The minimum Gasteiger partial charge on any atom is -0.477 e. The average molecular weight is 219 g/mol. The summed E-state index contributed by atoms with van der Waals surface area (Å²) in [5.74, 6) is -0.763. The highest BCUT2D eigenvalue weighted by molar-refractivity contribution is 6.08. The number of pyridine rings is 1. The Labute approximate surface area is 90.1 Å². The predicted octanol–water partition coefficient (Wildman–Crippen LogP) is 0.196. The van der Waals surface area contributed by atoms with Gasteiger partial charge in [-0.2, -0.15) is 0 Å². The van der Waals surface area contributed by atoms with E-state index in [2.05, 4.69) is 15.0 Å². The number of fused-ring (bicyclic) bond motifs is 1. The lowest BCUT2D eigenvalue weighted by Crippen LogP contribution is -2.09. The number of hydrogen-bond acceptors (Lipinski definition) is 6. The van der Waals surface area contributed by atoms with Crippen molar-refractivity contribution < 1.29 is 9.90 Å². The van der Waals surface area contributed by atoms with Crippen molar-refractivity contribution in [3.63, 3.8) is 0 Å². The lowest BCUT2D eigenvalue weighted by Gasteiger charge is -2.07. The summed E-state index contributed by atoms with van der Waals surface area (Å²) in [5, 5.41) is 9.41. The van der Waals surface area contributed by atoms with Gasteiger partial charge in [-0.1, -0.05) is 0 Å². The number of carbonyl (C=O) groups is 1. The number of anilines is 2. The van der Waals surface area contributed by atoms with Gasteiger partial charge < -0.3 is 16.6 Å². The van der Waals surface area contributed by atoms with E-state index in [4.69, 9.17) is 16.6 Å². The highest BCUT2D eigenvalue weighted by atomic mass is 16.4. The molecule has 0 unspecified atom stereocenters. The van der Waals surface area contributed by atoms with E-state index < -0.39 is 5.97 Å². The highest BCUT2D eigenvalue weighted by Crippen LogP contribution is 2.24. The fourth-order valence-corrected chi connectivity index (χ4v) is 1.43. The number of aryl methyl sites for hydroxylation is 1. The average Bonchev–Trinajstić information content (AvgIpc) is 2.15. The van der Waals surface area contributed by atoms with Gasteiger partial charge >= 0.3 is 5.97 Å². The standard InChI is InChI=1S/C9H9N5O2/c1-3-12-2-4-6(13-3)5(9(15)16)8(11)14-7(4)10/h2H,1H3,(H,15,16)(H4,10,11,14). The molecule has 0 aromatic carbocycles. The highest BCUT2D eigenvalue weighted by Gasteiger charge is 2.18. The molecule has 16 heavy (non-hydrogen) atoms. The van der Waals surface area contributed by atoms with Crippen molar-refractivity contribution in [2.75, 3.05) is 11.5 Å². The second kappa shape index (κ2) is 3.30. The molecule has 7 nitrogen and oxygen atoms in total. The van der Waals surface area contributed by atoms with Gasteiger partial charge in [0.15, 0.2) is 0 Å². The molecule has 0 fully saturated rings. The largest absolute Gasteiger partial charge is 0.477 e. The third kappa shape index (κ3) is 1.38. The number of aromatic nitrogens is 3. The molecular weight excluding hydrogens is 210 g/mol. The summed E-state index contributed by atoms with van der Waals surface area (Å²) >= 11 is 0. The molecule has 0 aliphatic carbocycles. The molecule has 0 spiro atoms. The minimum atomic E-state index is -1.19. The van der Waals surface area contributed by atoms with Crippen LogP contribution in [-0.4, -0.2) is 26.0 Å². The van der Waals surface area contributed by atoms with Crippen molar-refractivity contribution in [1.82, 2.24) is 15.0 Å². The van der Waals surface area contributed by atoms with Crippen LogP contribution in [0.1, 0.15) is 16.2 Å². The second-order valence-electron chi connectivity index (χ2n) is 3.24. The van der Waals surface area contributed by atoms with E-state index in [-0.39, 0.29) is 22.7 Å². The first kappa shape index (κ1) is 10.1. The lowest BCUT2D eigenvalue weighted by molar-refractivity contribution is 0.0699. The minimum absolute atomic E-state index is 0.123. The molecule has 0 radical (unpaired) electrons. The Morgan fingerprint density at radius 3 is 2.62 bits per heavy atom. The summed E-state index contributed by atoms with van der Waals surface area (Å²) in [7, 11) is 0. The number of rotatable bonds is 1. The van der Waals surface area contributed by atoms with Crippen LogP contribution in [0, 0.1) is 6.92 Å². The van der Waals surface area contributed by atoms with Crippen LogP contribution in [0.25, 0.3) is 10.9 Å². The zero-order chi connectivity index (χ0) is 11.9. The van der Waals surface area contributed by atoms with Crippen LogP contribution in [0.15, 0.2) is 6.20 Å². The number of nitrogen functional groups attached to an aromatic ring is 2. The summed E-state index contributed by atoms with van der Waals surface area (Å²) in [6, 6.07) is 0. The van der Waals surface area contributed by atoms with Gasteiger partial charge in [-0.15, -0.1) is 0 Å². The Morgan fingerprint density at radius 1 is 1.31 bits per heavy atom. The van der Waals surface area contributed by atoms with E-state index in [1.54, 1.807) is 6.92 Å². The molecule has 0 bridgehead atoms. The van der Waals surface area contributed by atoms with Gasteiger partial charge in [0.25, 0.3) is 0 Å². The third-order valence-corrected chi connectivity index (χ3v) is 2.13. The first-order chi connectivity index (χ1) is 7.50. The van der Waals surface area contributed by atoms with Crippen molar-refractivity contribution >= 4 is 28.5 Å². The lowest BCUT2D eigenvalue weighted by atomic mass is 10.1. The molecule has 0 aliphatic heterocycles. The van der Waals surface area contributed by atoms with Crippen molar-refractivity contribution in [1.29, 1.82) is 0 Å². The van der Waals surface area contributed by atoms with Gasteiger partial charge in [-0.25, -0.2) is 19.7 Å². The summed E-state index contributed by atoms with van der Waals surface area (Å²) in [6.07, 6.45) is 1.44. The van der Waals surface area contributed by atoms with Gasteiger partial charge in [-0.3, -0.25) is 0 Å². The van der Waals surface area contributed by atoms with E-state index in [1.807, 2.05) is 0 Å². The second-order valence-corrected chi connectivity index (χ2v) is 3.24. The fraction of sp³-hybridized carbons (Fsp3) is 0.111. The van der Waals surface area contributed by atoms with Crippen LogP contribution >= 0.6 is 0 Å². The van der Waals surface area contributed by atoms with Crippen LogP contribution in [0.5, 0.6) is 0 Å². The molecule has 2 heterocycles. The van der Waals surface area contributed by atoms with Crippen molar-refractivity contribution in [2.24, 2.45) is 0 Å². The Kier molecular flexibility index (Phi) is 2.08. The van der Waals surface area contributed by atoms with Gasteiger partial charge in [0.2, 0.25) is 0 Å². The maximum absolute atomic E-state index is 11.0. The van der Waals surface area contributed by atoms with Crippen LogP contribution in [-0.2, 0) is 0 Å². The molecule has 2 aromatic rings. The van der Waals surface area contributed by atoms with Crippen molar-refractivity contribution in [3.05, 3.63) is 17.6 Å². The Morgan fingerprint density at radius 2 is 2.00 bits per heavy atom. The summed E-state index contributed by atoms with van der Waals surface area (Å²) in [4.78, 5) is 22.7. The normalized spacial score (nSPS) is 10.6. The molecule has 2 aromatic heterocycles. The number of carboxylic acids is 1. The smallest absolute Gasteiger partial charge is 0.341 e. The summed E-state index contributed by atoms with van der Waals surface area (Å²) < 4.78 is 0. The van der Waals surface area contributed by atoms with Gasteiger partial charge in [0, 0.05) is 6.20 Å². The number of aromatic carboxylic acids is 1. The van der Waals surface area contributed by atoms with E-state index >= 15 is 0 Å². The van der Waals surface area contributed by atoms with Crippen molar-refractivity contribution in [2.45, 2.75) is 6.92 Å². The molecule has 0 saturated carbocycles. The Hall–Kier alpha value is -2.44. The van der Waals surface area contributed by atoms with E-state index in [0.29, 0.717) is 11.2 Å². The first-order valence-corrected chi connectivity index (χ1v) is 4.42. The van der Waals surface area contributed by atoms with Crippen molar-refractivity contribution in [3.8, 4) is 0 Å². The summed E-state index contributed by atoms with van der Waals surface area (Å²) in [6.45, 7) is 1.65. The first-order valence-electron chi connectivity index (χ1n) is 4.42. The van der Waals surface area contributed by atoms with E-state index in [9.17, 15) is 4.79 Å². The molecule has 82 valence electrons. The molecule has 0 saturated heterocycles. The Bertz CT molecular complexity index is 596. The van der Waals surface area contributed by atoms with Crippen LogP contribution in [0.4, 0.5) is 11.6 Å². The zero-order valence-corrected chi connectivity index (χ0v) is 8.43. The monoisotopic (exact) mass is 219 g/mol. The van der Waals surface area contributed by atoms with Crippen LogP contribution in [0.2, 0.25) is 0 Å². The zero-order valence-electron chi connectivity index (χ0n) is 8.43. The predicted molar refractivity (Wildman–Crippen MR) is 57.9 cm³/mol. The summed E-state index contributed by atoms with van der Waals surface area (Å²) in [5.41, 5.74) is 11.2. The van der Waals surface area contributed by atoms with Crippen LogP contribution < -0.4 is 11.5 Å². The maximum Gasteiger partial charge on any atom is 0.341 e. The molecule has 7 heteroatoms. The molecule has 0 atom stereocenters. The van der Waals surface area contributed by atoms with Crippen LogP contribution in [0.3, 0.4) is 0 Å². The van der Waals surface area contributed by atoms with E-state index in [0.717, 1.165) is 0 Å². The molecular formula is C9H9N5O2. The molecule has 2 rings (SSSR count). The van der Waals surface area contributed by atoms with Gasteiger partial charge in [-0.05, 0) is 6.92 Å². The topological polar surface area (TPSA) is 128 Å². The molecule has 5 N–H and O–H groups in total. The third-order valence-electron chi connectivity index (χ3n) is 2.13.